The number of benzene rings is 1. The topological polar surface area (TPSA) is 56.0 Å². The van der Waals surface area contributed by atoms with Crippen LogP contribution >= 0.6 is 23.2 Å². The molecule has 0 radical (unpaired) electrons. The van der Waals surface area contributed by atoms with Gasteiger partial charge < -0.3 is 4.57 Å². The Morgan fingerprint density at radius 1 is 1.07 bits per heavy atom. The summed E-state index contributed by atoms with van der Waals surface area (Å²) in [6, 6.07) is 8.25. The van der Waals surface area contributed by atoms with E-state index in [-0.39, 0.29) is 5.28 Å². The summed E-state index contributed by atoms with van der Waals surface area (Å²) in [5, 5.41) is 0.944. The van der Waals surface area contributed by atoms with E-state index in [1.165, 1.54) is 12.8 Å². The van der Waals surface area contributed by atoms with Crippen LogP contribution in [-0.4, -0.2) is 25.7 Å². The summed E-state index contributed by atoms with van der Waals surface area (Å²) in [7, 11) is 0. The van der Waals surface area contributed by atoms with Gasteiger partial charge in [-0.2, -0.15) is 4.98 Å². The van der Waals surface area contributed by atoms with E-state index in [9.17, 15) is 0 Å². The Kier molecular flexibility index (Phi) is 4.44. The smallest absolute Gasteiger partial charge is 0.224 e. The van der Waals surface area contributed by atoms with E-state index in [0.717, 1.165) is 35.3 Å². The van der Waals surface area contributed by atoms with Crippen LogP contribution in [0.25, 0.3) is 11.2 Å². The number of imidazole rings is 1. The van der Waals surface area contributed by atoms with Crippen molar-refractivity contribution in [3.63, 3.8) is 0 Å². The lowest BCUT2D eigenvalue weighted by Gasteiger charge is -2.24. The Morgan fingerprint density at radius 3 is 2.57 bits per heavy atom. The summed E-state index contributed by atoms with van der Waals surface area (Å²) in [4.78, 5) is 18.6. The molecule has 1 aliphatic heterocycles. The van der Waals surface area contributed by atoms with Gasteiger partial charge in [-0.25, -0.2) is 9.97 Å². The van der Waals surface area contributed by atoms with Crippen LogP contribution in [-0.2, 0) is 12.0 Å². The zero-order valence-corrected chi connectivity index (χ0v) is 16.7. The quantitative estimate of drug-likeness (QED) is 0.545. The molecule has 1 saturated carbocycles. The summed E-state index contributed by atoms with van der Waals surface area (Å²) < 4.78 is 2.16. The van der Waals surface area contributed by atoms with Crippen molar-refractivity contribution in [2.24, 2.45) is 4.99 Å². The number of aliphatic imine (C=N–C) groups is 1. The fourth-order valence-corrected chi connectivity index (χ4v) is 4.60. The molecule has 3 heterocycles. The fraction of sp³-hybridized carbons (Fsp3) is 0.333. The molecule has 0 N–H and O–H groups in total. The first-order valence-electron chi connectivity index (χ1n) is 9.53. The minimum absolute atomic E-state index is 0.230. The maximum atomic E-state index is 6.37. The van der Waals surface area contributed by atoms with E-state index in [0.29, 0.717) is 17.5 Å². The van der Waals surface area contributed by atoms with Crippen molar-refractivity contribution < 1.29 is 0 Å². The van der Waals surface area contributed by atoms with Gasteiger partial charge >= 0.3 is 0 Å². The van der Waals surface area contributed by atoms with E-state index in [1.54, 1.807) is 0 Å². The van der Waals surface area contributed by atoms with Crippen LogP contribution < -0.4 is 0 Å². The van der Waals surface area contributed by atoms with Gasteiger partial charge in [-0.3, -0.25) is 4.99 Å². The molecule has 142 valence electrons. The van der Waals surface area contributed by atoms with Gasteiger partial charge in [-0.15, -0.1) is 0 Å². The zero-order chi connectivity index (χ0) is 19.1. The highest BCUT2D eigenvalue weighted by atomic mass is 35.5. The first-order valence-corrected chi connectivity index (χ1v) is 10.3. The molecule has 1 aromatic carbocycles. The van der Waals surface area contributed by atoms with Crippen molar-refractivity contribution in [3.05, 3.63) is 64.3 Å². The molecule has 3 aromatic rings. The number of hydrogen-bond donors (Lipinski definition) is 0. The van der Waals surface area contributed by atoms with E-state index >= 15 is 0 Å². The Morgan fingerprint density at radius 2 is 1.86 bits per heavy atom. The van der Waals surface area contributed by atoms with Gasteiger partial charge in [-0.1, -0.05) is 36.6 Å². The molecule has 7 heteroatoms. The van der Waals surface area contributed by atoms with Crippen molar-refractivity contribution >= 4 is 40.6 Å². The molecule has 1 fully saturated rings. The van der Waals surface area contributed by atoms with E-state index in [1.807, 2.05) is 42.9 Å². The van der Waals surface area contributed by atoms with Gasteiger partial charge in [0.25, 0.3) is 0 Å². The third-order valence-corrected chi connectivity index (χ3v) is 6.09. The van der Waals surface area contributed by atoms with Crippen LogP contribution in [0.15, 0.2) is 47.7 Å². The number of rotatable bonds is 4. The third-order valence-electron chi connectivity index (χ3n) is 5.67. The maximum Gasteiger partial charge on any atom is 0.224 e. The molecule has 1 aliphatic carbocycles. The number of allylic oxidation sites excluding steroid dienone is 1. The molecular weight excluding hydrogens is 393 g/mol. The molecule has 0 bridgehead atoms. The Balaban J connectivity index is 1.64. The molecular formula is C21H19Cl2N5. The summed E-state index contributed by atoms with van der Waals surface area (Å²) >= 11 is 12.4. The fourth-order valence-electron chi connectivity index (χ4n) is 4.30. The van der Waals surface area contributed by atoms with Crippen LogP contribution in [0.3, 0.4) is 0 Å². The second-order valence-electron chi connectivity index (χ2n) is 7.47. The predicted octanol–water partition coefficient (Wildman–Crippen LogP) is 5.33. The highest BCUT2D eigenvalue weighted by Crippen LogP contribution is 2.38. The van der Waals surface area contributed by atoms with Gasteiger partial charge in [0.05, 0.1) is 6.33 Å². The highest BCUT2D eigenvalue weighted by Gasteiger charge is 2.36. The number of fused-ring (bicyclic) bond motifs is 1. The van der Waals surface area contributed by atoms with Crippen molar-refractivity contribution in [2.75, 3.05) is 0 Å². The van der Waals surface area contributed by atoms with Gasteiger partial charge in [0.1, 0.15) is 16.7 Å². The number of halogens is 2. The van der Waals surface area contributed by atoms with E-state index < -0.39 is 5.54 Å². The van der Waals surface area contributed by atoms with Gasteiger partial charge in [0, 0.05) is 23.7 Å². The maximum absolute atomic E-state index is 6.37. The first kappa shape index (κ1) is 17.8. The molecule has 1 unspecified atom stereocenters. The second-order valence-corrected chi connectivity index (χ2v) is 8.24. The summed E-state index contributed by atoms with van der Waals surface area (Å²) in [6.45, 7) is 0. The number of hydrogen-bond acceptors (Lipinski definition) is 4. The lowest BCUT2D eigenvalue weighted by Crippen LogP contribution is -2.25. The number of nitrogens with zero attached hydrogens (tertiary/aromatic N) is 5. The summed E-state index contributed by atoms with van der Waals surface area (Å²) in [6.07, 6.45) is 13.1. The summed E-state index contributed by atoms with van der Waals surface area (Å²) in [5.74, 6) is 0. The van der Waals surface area contributed by atoms with Crippen LogP contribution in [0.4, 0.5) is 0 Å². The van der Waals surface area contributed by atoms with Gasteiger partial charge in [0.2, 0.25) is 5.28 Å². The summed E-state index contributed by atoms with van der Waals surface area (Å²) in [5.41, 5.74) is 2.79. The standard InChI is InChI=1S/C21H19Cl2N5/c22-15-8-6-14(7-9-15)12-21(10-3-11-25-21)18-17-19(27-20(23)26-18)28(13-24-17)16-4-1-2-5-16/h3,6-11,13,16H,1-2,4-5,12H2. The monoisotopic (exact) mass is 411 g/mol. The first-order chi connectivity index (χ1) is 13.6. The SMILES string of the molecule is Clc1ccc(CC2(c3nc(Cl)nc4c3ncn4C3CCCC3)C=CC=N2)cc1. The molecule has 5 rings (SSSR count). The van der Waals surface area contributed by atoms with Crippen molar-refractivity contribution in [2.45, 2.75) is 43.7 Å². The minimum atomic E-state index is -0.645. The van der Waals surface area contributed by atoms with Crippen molar-refractivity contribution in [1.82, 2.24) is 19.5 Å². The Labute approximate surface area is 173 Å². The molecule has 2 aromatic heterocycles. The third kappa shape index (κ3) is 3.03. The zero-order valence-electron chi connectivity index (χ0n) is 15.2. The molecule has 1 atom stereocenters. The highest BCUT2D eigenvalue weighted by molar-refractivity contribution is 6.30. The van der Waals surface area contributed by atoms with Crippen molar-refractivity contribution in [3.8, 4) is 0 Å². The van der Waals surface area contributed by atoms with Crippen molar-refractivity contribution in [1.29, 1.82) is 0 Å². The van der Waals surface area contributed by atoms with Gasteiger partial charge in [-0.05, 0) is 54.3 Å². The van der Waals surface area contributed by atoms with E-state index in [2.05, 4.69) is 20.6 Å². The van der Waals surface area contributed by atoms with Crippen LogP contribution in [0.2, 0.25) is 10.3 Å². The molecule has 0 spiro atoms. The van der Waals surface area contributed by atoms with E-state index in [4.69, 9.17) is 33.2 Å². The van der Waals surface area contributed by atoms with Crippen LogP contribution in [0, 0.1) is 0 Å². The molecule has 28 heavy (non-hydrogen) atoms. The normalized spacial score (nSPS) is 21.9. The molecule has 0 saturated heterocycles. The Bertz CT molecular complexity index is 1070. The average molecular weight is 412 g/mol. The number of aromatic nitrogens is 4. The largest absolute Gasteiger partial charge is 0.312 e. The van der Waals surface area contributed by atoms with Crippen LogP contribution in [0.1, 0.15) is 43.0 Å². The lowest BCUT2D eigenvalue weighted by atomic mass is 9.88. The van der Waals surface area contributed by atoms with Gasteiger partial charge in [0.15, 0.2) is 5.65 Å². The molecule has 2 aliphatic rings. The lowest BCUT2D eigenvalue weighted by molar-refractivity contribution is 0.528. The Hall–Kier alpha value is -2.24. The average Bonchev–Trinajstić information content (AvgIpc) is 3.43. The molecule has 5 nitrogen and oxygen atoms in total. The van der Waals surface area contributed by atoms with Crippen LogP contribution in [0.5, 0.6) is 0 Å². The molecule has 0 amide bonds. The minimum Gasteiger partial charge on any atom is -0.312 e. The second kappa shape index (κ2) is 6.98. The predicted molar refractivity (Wildman–Crippen MR) is 112 cm³/mol.